The van der Waals surface area contributed by atoms with E-state index in [-0.39, 0.29) is 10.8 Å². The van der Waals surface area contributed by atoms with Crippen molar-refractivity contribution in [3.05, 3.63) is 29.0 Å². The second-order valence-electron chi connectivity index (χ2n) is 2.09. The Bertz CT molecular complexity index is 312. The van der Waals surface area contributed by atoms with E-state index >= 15 is 0 Å². The van der Waals surface area contributed by atoms with Crippen molar-refractivity contribution in [2.75, 3.05) is 0 Å². The van der Waals surface area contributed by atoms with E-state index in [2.05, 4.69) is 10.8 Å². The zero-order valence-electron chi connectivity index (χ0n) is 6.23. The summed E-state index contributed by atoms with van der Waals surface area (Å²) >= 11 is 5.54. The molecule has 0 saturated carbocycles. The number of hydrogen-bond donors (Lipinski definition) is 0. The Morgan fingerprint density at radius 1 is 1.75 bits per heavy atom. The summed E-state index contributed by atoms with van der Waals surface area (Å²) in [6.07, 6.45) is 0. The predicted octanol–water partition coefficient (Wildman–Crippen LogP) is 2.20. The van der Waals surface area contributed by atoms with Gasteiger partial charge in [-0.1, -0.05) is 11.6 Å². The highest BCUT2D eigenvalue weighted by molar-refractivity contribution is 6.32. The molecule has 0 atom stereocenters. The standard InChI is InChI=1S/C8H5ClFO2/c1-5(11)12-8-3-2-6(10)4-7(8)9/h3-4H,1H3. The van der Waals surface area contributed by atoms with Crippen molar-refractivity contribution in [1.82, 2.24) is 0 Å². The minimum Gasteiger partial charge on any atom is -0.425 e. The van der Waals surface area contributed by atoms with Crippen molar-refractivity contribution in [3.63, 3.8) is 0 Å². The molecule has 2 nitrogen and oxygen atoms in total. The van der Waals surface area contributed by atoms with Gasteiger partial charge in [0.25, 0.3) is 0 Å². The van der Waals surface area contributed by atoms with Crippen LogP contribution in [0.4, 0.5) is 4.39 Å². The van der Waals surface area contributed by atoms with Gasteiger partial charge in [0.1, 0.15) is 11.6 Å². The van der Waals surface area contributed by atoms with Gasteiger partial charge < -0.3 is 4.74 Å². The molecule has 0 spiro atoms. The summed E-state index contributed by atoms with van der Waals surface area (Å²) in [7, 11) is 0. The average molecular weight is 188 g/mol. The Labute approximate surface area is 73.9 Å². The molecule has 12 heavy (non-hydrogen) atoms. The van der Waals surface area contributed by atoms with Gasteiger partial charge in [0.2, 0.25) is 0 Å². The van der Waals surface area contributed by atoms with Crippen LogP contribution in [0.15, 0.2) is 12.1 Å². The molecule has 0 saturated heterocycles. The van der Waals surface area contributed by atoms with Crippen LogP contribution in [-0.2, 0) is 4.79 Å². The van der Waals surface area contributed by atoms with Crippen molar-refractivity contribution >= 4 is 17.6 Å². The summed E-state index contributed by atoms with van der Waals surface area (Å²) in [5, 5.41) is 0.0569. The van der Waals surface area contributed by atoms with E-state index in [0.717, 1.165) is 6.07 Å². The highest BCUT2D eigenvalue weighted by atomic mass is 35.5. The molecule has 0 fully saturated rings. The third kappa shape index (κ3) is 2.20. The molecule has 0 amide bonds. The van der Waals surface area contributed by atoms with Gasteiger partial charge in [0, 0.05) is 13.0 Å². The summed E-state index contributed by atoms with van der Waals surface area (Å²) in [6.45, 7) is 1.24. The van der Waals surface area contributed by atoms with Gasteiger partial charge in [-0.15, -0.1) is 0 Å². The third-order valence-corrected chi connectivity index (χ3v) is 1.38. The molecule has 1 radical (unpaired) electrons. The monoisotopic (exact) mass is 187 g/mol. The topological polar surface area (TPSA) is 26.3 Å². The molecular weight excluding hydrogens is 183 g/mol. The predicted molar refractivity (Wildman–Crippen MR) is 41.6 cm³/mol. The summed E-state index contributed by atoms with van der Waals surface area (Å²) in [5.74, 6) is -0.974. The van der Waals surface area contributed by atoms with Crippen molar-refractivity contribution in [1.29, 1.82) is 0 Å². The van der Waals surface area contributed by atoms with E-state index in [1.807, 2.05) is 0 Å². The van der Waals surface area contributed by atoms with Crippen LogP contribution in [0.5, 0.6) is 5.75 Å². The van der Waals surface area contributed by atoms with Gasteiger partial charge in [-0.25, -0.2) is 4.39 Å². The van der Waals surface area contributed by atoms with Crippen LogP contribution in [0.2, 0.25) is 5.02 Å². The third-order valence-electron chi connectivity index (χ3n) is 1.08. The van der Waals surface area contributed by atoms with E-state index in [1.165, 1.54) is 13.0 Å². The second-order valence-corrected chi connectivity index (χ2v) is 2.49. The van der Waals surface area contributed by atoms with E-state index in [1.54, 1.807) is 0 Å². The minimum atomic E-state index is -0.587. The number of hydrogen-bond acceptors (Lipinski definition) is 2. The molecule has 0 aliphatic heterocycles. The maximum atomic E-state index is 12.4. The van der Waals surface area contributed by atoms with Gasteiger partial charge in [-0.3, -0.25) is 4.79 Å². The Kier molecular flexibility index (Phi) is 2.65. The van der Waals surface area contributed by atoms with Crippen molar-refractivity contribution in [2.24, 2.45) is 0 Å². The largest absolute Gasteiger partial charge is 0.425 e. The highest BCUT2D eigenvalue weighted by Crippen LogP contribution is 2.24. The lowest BCUT2D eigenvalue weighted by atomic mass is 10.3. The van der Waals surface area contributed by atoms with Crippen molar-refractivity contribution < 1.29 is 13.9 Å². The van der Waals surface area contributed by atoms with E-state index < -0.39 is 11.8 Å². The Morgan fingerprint density at radius 3 is 2.92 bits per heavy atom. The summed E-state index contributed by atoms with van der Waals surface area (Å²) in [4.78, 5) is 10.5. The van der Waals surface area contributed by atoms with E-state index in [0.29, 0.717) is 0 Å². The van der Waals surface area contributed by atoms with Crippen molar-refractivity contribution in [2.45, 2.75) is 6.92 Å². The number of halogens is 2. The zero-order valence-corrected chi connectivity index (χ0v) is 6.98. The molecule has 0 heterocycles. The van der Waals surface area contributed by atoms with Crippen molar-refractivity contribution in [3.8, 4) is 5.75 Å². The maximum Gasteiger partial charge on any atom is 0.308 e. The Hall–Kier alpha value is -1.09. The van der Waals surface area contributed by atoms with Gasteiger partial charge in [-0.05, 0) is 12.1 Å². The molecule has 1 rings (SSSR count). The zero-order chi connectivity index (χ0) is 9.14. The number of rotatable bonds is 1. The lowest BCUT2D eigenvalue weighted by Crippen LogP contribution is -2.01. The fraction of sp³-hybridized carbons (Fsp3) is 0.125. The SMILES string of the molecule is CC(=O)Oc1c[c]c(F)cc1Cl. The molecule has 1 aromatic carbocycles. The molecule has 63 valence electrons. The molecule has 0 N–H and O–H groups in total. The van der Waals surface area contributed by atoms with Gasteiger partial charge >= 0.3 is 5.97 Å². The van der Waals surface area contributed by atoms with Crippen LogP contribution < -0.4 is 4.74 Å². The molecule has 0 aliphatic carbocycles. The highest BCUT2D eigenvalue weighted by Gasteiger charge is 2.04. The Morgan fingerprint density at radius 2 is 2.42 bits per heavy atom. The number of carbonyl (C=O) groups excluding carboxylic acids is 1. The van der Waals surface area contributed by atoms with Gasteiger partial charge in [0.05, 0.1) is 5.02 Å². The fourth-order valence-corrected chi connectivity index (χ4v) is 0.849. The number of benzene rings is 1. The van der Waals surface area contributed by atoms with Crippen LogP contribution in [0.25, 0.3) is 0 Å². The molecule has 0 aliphatic rings. The quantitative estimate of drug-likeness (QED) is 0.498. The van der Waals surface area contributed by atoms with E-state index in [4.69, 9.17) is 11.6 Å². The van der Waals surface area contributed by atoms with Crippen LogP contribution >= 0.6 is 11.6 Å². The first-order valence-electron chi connectivity index (χ1n) is 3.15. The molecular formula is C8H5ClFO2. The number of esters is 1. The lowest BCUT2D eigenvalue weighted by molar-refractivity contribution is -0.131. The Balaban J connectivity index is 2.93. The van der Waals surface area contributed by atoms with Gasteiger partial charge in [-0.2, -0.15) is 0 Å². The molecule has 0 unspecified atom stereocenters. The first-order valence-corrected chi connectivity index (χ1v) is 3.52. The number of ether oxygens (including phenoxy) is 1. The molecule has 0 aromatic heterocycles. The fourth-order valence-electron chi connectivity index (χ4n) is 0.661. The average Bonchev–Trinajstić information content (AvgIpc) is 1.94. The maximum absolute atomic E-state index is 12.4. The number of carbonyl (C=O) groups is 1. The minimum absolute atomic E-state index is 0.0569. The van der Waals surface area contributed by atoms with Crippen LogP contribution in [0.1, 0.15) is 6.92 Å². The first kappa shape index (κ1) is 9.00. The van der Waals surface area contributed by atoms with Crippen LogP contribution in [-0.4, -0.2) is 5.97 Å². The summed E-state index contributed by atoms with van der Waals surface area (Å²) in [6, 6.07) is 4.42. The molecule has 4 heteroatoms. The second kappa shape index (κ2) is 3.54. The smallest absolute Gasteiger partial charge is 0.308 e. The van der Waals surface area contributed by atoms with Crippen LogP contribution in [0, 0.1) is 11.9 Å². The van der Waals surface area contributed by atoms with Gasteiger partial charge in [0.15, 0.2) is 0 Å². The molecule has 0 bridgehead atoms. The lowest BCUT2D eigenvalue weighted by Gasteiger charge is -2.01. The normalized spacial score (nSPS) is 9.58. The molecule has 1 aromatic rings. The van der Waals surface area contributed by atoms with Crippen LogP contribution in [0.3, 0.4) is 0 Å². The summed E-state index contributed by atoms with van der Waals surface area (Å²) < 4.78 is 17.0. The first-order chi connectivity index (χ1) is 5.59. The summed E-state index contributed by atoms with van der Waals surface area (Å²) in [5.41, 5.74) is 0. The van der Waals surface area contributed by atoms with E-state index in [9.17, 15) is 9.18 Å².